The highest BCUT2D eigenvalue weighted by atomic mass is 79.9. The number of aromatic nitrogens is 3. The lowest BCUT2D eigenvalue weighted by Gasteiger charge is -2.11. The molecule has 1 amide bonds. The van der Waals surface area contributed by atoms with Crippen LogP contribution in [0.1, 0.15) is 6.42 Å². The zero-order valence-corrected chi connectivity index (χ0v) is 8.31. The number of halogens is 1. The Morgan fingerprint density at radius 2 is 2.38 bits per heavy atom. The maximum Gasteiger partial charge on any atom is 0.252 e. The highest BCUT2D eigenvalue weighted by Crippen LogP contribution is 2.20. The van der Waals surface area contributed by atoms with E-state index in [9.17, 15) is 4.79 Å². The van der Waals surface area contributed by atoms with E-state index >= 15 is 0 Å². The fourth-order valence-corrected chi connectivity index (χ4v) is 1.79. The molecule has 1 aliphatic rings. The second-order valence-corrected chi connectivity index (χ2v) is 4.04. The normalized spacial score (nSPS) is 22.4. The molecule has 0 aliphatic carbocycles. The van der Waals surface area contributed by atoms with Crippen LogP contribution in [0.4, 0.5) is 5.95 Å². The molecule has 68 valence electrons. The van der Waals surface area contributed by atoms with Gasteiger partial charge in [-0.05, 0) is 0 Å². The van der Waals surface area contributed by atoms with E-state index < -0.39 is 0 Å². The average molecular weight is 243 g/mol. The highest BCUT2D eigenvalue weighted by Gasteiger charge is 2.30. The van der Waals surface area contributed by atoms with Gasteiger partial charge in [0.05, 0.1) is 12.4 Å². The number of hydrogen-bond acceptors (Lipinski definition) is 4. The smallest absolute Gasteiger partial charge is 0.252 e. The molecule has 6 heteroatoms. The summed E-state index contributed by atoms with van der Waals surface area (Å²) >= 11 is 3.38. The molecule has 0 bridgehead atoms. The van der Waals surface area contributed by atoms with Crippen molar-refractivity contribution in [1.82, 2.24) is 15.2 Å². The Bertz CT molecular complexity index is 318. The number of nitrogens with zero attached hydrogens (tertiary/aromatic N) is 4. The largest absolute Gasteiger partial charge is 0.278 e. The summed E-state index contributed by atoms with van der Waals surface area (Å²) in [6, 6.07) is 0. The summed E-state index contributed by atoms with van der Waals surface area (Å²) in [5, 5.41) is 7.44. The number of carbonyl (C=O) groups excluding carboxylic acids is 1. The van der Waals surface area contributed by atoms with E-state index in [1.807, 2.05) is 0 Å². The van der Waals surface area contributed by atoms with E-state index in [1.54, 1.807) is 0 Å². The van der Waals surface area contributed by atoms with Crippen molar-refractivity contribution in [3.8, 4) is 0 Å². The minimum Gasteiger partial charge on any atom is -0.278 e. The van der Waals surface area contributed by atoms with Crippen molar-refractivity contribution in [2.24, 2.45) is 0 Å². The number of alkyl halides is 1. The van der Waals surface area contributed by atoms with Crippen molar-refractivity contribution in [2.45, 2.75) is 11.2 Å². The predicted molar refractivity (Wildman–Crippen MR) is 49.5 cm³/mol. The van der Waals surface area contributed by atoms with Gasteiger partial charge in [-0.15, -0.1) is 5.10 Å². The number of carbonyl (C=O) groups is 1. The second-order valence-electron chi connectivity index (χ2n) is 2.75. The van der Waals surface area contributed by atoms with Crippen LogP contribution in [0.5, 0.6) is 0 Å². The first-order valence-electron chi connectivity index (χ1n) is 3.85. The molecule has 13 heavy (non-hydrogen) atoms. The van der Waals surface area contributed by atoms with E-state index in [4.69, 9.17) is 0 Å². The molecule has 1 aromatic heterocycles. The summed E-state index contributed by atoms with van der Waals surface area (Å²) in [5.41, 5.74) is 0. The highest BCUT2D eigenvalue weighted by molar-refractivity contribution is 9.09. The third-order valence-electron chi connectivity index (χ3n) is 1.79. The van der Waals surface area contributed by atoms with E-state index in [0.717, 1.165) is 0 Å². The van der Waals surface area contributed by atoms with E-state index in [0.29, 0.717) is 18.9 Å². The molecular formula is C7H7BrN4O. The van der Waals surface area contributed by atoms with E-state index in [1.165, 1.54) is 17.3 Å². The van der Waals surface area contributed by atoms with Gasteiger partial charge in [0.1, 0.15) is 0 Å². The van der Waals surface area contributed by atoms with Crippen LogP contribution >= 0.6 is 15.9 Å². The van der Waals surface area contributed by atoms with Crippen LogP contribution < -0.4 is 4.90 Å². The number of amides is 1. The van der Waals surface area contributed by atoms with Crippen LogP contribution in [0.2, 0.25) is 0 Å². The molecule has 1 aromatic rings. The molecule has 0 spiro atoms. The van der Waals surface area contributed by atoms with Crippen molar-refractivity contribution in [2.75, 3.05) is 11.4 Å². The summed E-state index contributed by atoms with van der Waals surface area (Å²) in [6.45, 7) is 0.616. The van der Waals surface area contributed by atoms with E-state index in [-0.39, 0.29) is 10.7 Å². The van der Waals surface area contributed by atoms with Crippen molar-refractivity contribution < 1.29 is 4.79 Å². The van der Waals surface area contributed by atoms with Gasteiger partial charge in [0.15, 0.2) is 0 Å². The first-order valence-corrected chi connectivity index (χ1v) is 4.77. The lowest BCUT2D eigenvalue weighted by Crippen LogP contribution is -2.26. The van der Waals surface area contributed by atoms with Gasteiger partial charge in [0, 0.05) is 17.8 Å². The van der Waals surface area contributed by atoms with Crippen LogP contribution in [0.15, 0.2) is 12.4 Å². The van der Waals surface area contributed by atoms with Gasteiger partial charge in [0.2, 0.25) is 5.91 Å². The van der Waals surface area contributed by atoms with Gasteiger partial charge in [-0.3, -0.25) is 9.69 Å². The van der Waals surface area contributed by atoms with Crippen molar-refractivity contribution >= 4 is 27.8 Å². The molecule has 2 heterocycles. The van der Waals surface area contributed by atoms with Gasteiger partial charge in [0.25, 0.3) is 5.95 Å². The van der Waals surface area contributed by atoms with Crippen molar-refractivity contribution in [3.63, 3.8) is 0 Å². The van der Waals surface area contributed by atoms with Gasteiger partial charge in [-0.2, -0.15) is 5.10 Å². The molecule has 2 rings (SSSR count). The molecule has 0 saturated carbocycles. The van der Waals surface area contributed by atoms with Gasteiger partial charge in [-0.1, -0.05) is 15.9 Å². The van der Waals surface area contributed by atoms with Crippen LogP contribution in [-0.4, -0.2) is 32.5 Å². The third-order valence-corrected chi connectivity index (χ3v) is 2.40. The SMILES string of the molecule is O=C1CC(Br)CN1c1nccnn1. The first kappa shape index (κ1) is 8.55. The van der Waals surface area contributed by atoms with Crippen LogP contribution in [0.25, 0.3) is 0 Å². The maximum absolute atomic E-state index is 11.4. The topological polar surface area (TPSA) is 59.0 Å². The fourth-order valence-electron chi connectivity index (χ4n) is 1.22. The van der Waals surface area contributed by atoms with Crippen molar-refractivity contribution in [1.29, 1.82) is 0 Å². The minimum absolute atomic E-state index is 0.0369. The van der Waals surface area contributed by atoms with Gasteiger partial charge in [-0.25, -0.2) is 4.98 Å². The third kappa shape index (κ3) is 1.67. The van der Waals surface area contributed by atoms with Gasteiger partial charge < -0.3 is 0 Å². The molecular weight excluding hydrogens is 236 g/mol. The van der Waals surface area contributed by atoms with E-state index in [2.05, 4.69) is 31.1 Å². The molecule has 1 atom stereocenters. The van der Waals surface area contributed by atoms with Crippen LogP contribution in [-0.2, 0) is 4.79 Å². The lowest BCUT2D eigenvalue weighted by molar-refractivity contribution is -0.117. The molecule has 1 unspecified atom stereocenters. The Hall–Kier alpha value is -1.04. The van der Waals surface area contributed by atoms with Gasteiger partial charge >= 0.3 is 0 Å². The Labute approximate surface area is 83.3 Å². The molecule has 0 radical (unpaired) electrons. The predicted octanol–water partition coefficient (Wildman–Crippen LogP) is 0.372. The molecule has 5 nitrogen and oxygen atoms in total. The lowest BCUT2D eigenvalue weighted by atomic mass is 10.4. The number of anilines is 1. The Kier molecular flexibility index (Phi) is 2.22. The Morgan fingerprint density at radius 1 is 1.54 bits per heavy atom. The Balaban J connectivity index is 2.23. The molecule has 1 aliphatic heterocycles. The molecule has 0 N–H and O–H groups in total. The first-order chi connectivity index (χ1) is 6.27. The quantitative estimate of drug-likeness (QED) is 0.668. The zero-order valence-electron chi connectivity index (χ0n) is 6.72. The summed E-state index contributed by atoms with van der Waals surface area (Å²) in [4.78, 5) is 17.1. The number of rotatable bonds is 1. The summed E-state index contributed by atoms with van der Waals surface area (Å²) in [6.07, 6.45) is 3.51. The summed E-state index contributed by atoms with van der Waals surface area (Å²) in [5.74, 6) is 0.421. The number of hydrogen-bond donors (Lipinski definition) is 0. The zero-order chi connectivity index (χ0) is 9.26. The maximum atomic E-state index is 11.4. The average Bonchev–Trinajstić information content (AvgIpc) is 2.47. The van der Waals surface area contributed by atoms with Crippen molar-refractivity contribution in [3.05, 3.63) is 12.4 Å². The molecule has 0 aromatic carbocycles. The molecule has 1 saturated heterocycles. The summed E-state index contributed by atoms with van der Waals surface area (Å²) in [7, 11) is 0. The monoisotopic (exact) mass is 242 g/mol. The minimum atomic E-state index is 0.0369. The second kappa shape index (κ2) is 3.37. The fraction of sp³-hybridized carbons (Fsp3) is 0.429. The standard InChI is InChI=1S/C7H7BrN4O/c8-5-3-6(13)12(4-5)7-9-1-2-10-11-7/h1-2,5H,3-4H2. The molecule has 1 fully saturated rings. The van der Waals surface area contributed by atoms with Crippen LogP contribution in [0.3, 0.4) is 0 Å². The van der Waals surface area contributed by atoms with Crippen LogP contribution in [0, 0.1) is 0 Å². The summed E-state index contributed by atoms with van der Waals surface area (Å²) < 4.78 is 0. The Morgan fingerprint density at radius 3 is 2.92 bits per heavy atom.